The number of carbonyl (C=O) groups is 4. The maximum Gasteiger partial charge on any atom is 0.266 e. The Morgan fingerprint density at radius 1 is 0.440 bits per heavy atom. The van der Waals surface area contributed by atoms with Crippen LogP contribution in [-0.2, 0) is 33.6 Å². The van der Waals surface area contributed by atoms with Gasteiger partial charge in [0.25, 0.3) is 23.6 Å². The van der Waals surface area contributed by atoms with E-state index >= 15 is 19.2 Å². The molecule has 0 saturated heterocycles. The lowest BCUT2D eigenvalue weighted by molar-refractivity contribution is -0.123. The number of anilines is 2. The third-order valence-corrected chi connectivity index (χ3v) is 18.1. The first-order chi connectivity index (χ1) is 44.0. The van der Waals surface area contributed by atoms with Gasteiger partial charge in [0.05, 0.1) is 16.9 Å². The van der Waals surface area contributed by atoms with E-state index in [1.165, 1.54) is 9.80 Å². The average Bonchev–Trinajstić information content (AvgIpc) is 0.674. The zero-order valence-electron chi connectivity index (χ0n) is 52.7. The van der Waals surface area contributed by atoms with Crippen molar-refractivity contribution in [1.82, 2.24) is 0 Å². The van der Waals surface area contributed by atoms with E-state index in [4.69, 9.17) is 18.9 Å². The summed E-state index contributed by atoms with van der Waals surface area (Å²) in [5.41, 5.74) is 11.3. The molecule has 4 aliphatic carbocycles. The van der Waals surface area contributed by atoms with Gasteiger partial charge in [-0.2, -0.15) is 0 Å². The Morgan fingerprint density at radius 3 is 1.46 bits per heavy atom. The van der Waals surface area contributed by atoms with Crippen LogP contribution in [-0.4, -0.2) is 29.7 Å². The topological polar surface area (TPSA) is 112 Å². The number of imide groups is 2. The number of para-hydroxylation sites is 6. The fourth-order valence-corrected chi connectivity index (χ4v) is 14.0. The summed E-state index contributed by atoms with van der Waals surface area (Å²) in [5, 5.41) is 0. The van der Waals surface area contributed by atoms with Gasteiger partial charge in [-0.05, 0) is 142 Å². The van der Waals surface area contributed by atoms with Crippen LogP contribution in [0.3, 0.4) is 0 Å². The molecule has 7 aromatic carbocycles. The van der Waals surface area contributed by atoms with E-state index in [9.17, 15) is 0 Å². The number of carbonyl (C=O) groups excluding carboxylic acids is 4. The van der Waals surface area contributed by atoms with Gasteiger partial charge in [0.1, 0.15) is 46.4 Å². The Hall–Kier alpha value is -10.3. The van der Waals surface area contributed by atoms with E-state index in [-0.39, 0.29) is 63.2 Å². The van der Waals surface area contributed by atoms with Gasteiger partial charge in [0.2, 0.25) is 0 Å². The molecule has 2 aliphatic heterocycles. The highest BCUT2D eigenvalue weighted by molar-refractivity contribution is 6.43. The quantitative estimate of drug-likeness (QED) is 0.0548. The first-order valence-electron chi connectivity index (χ1n) is 31.5. The minimum absolute atomic E-state index is 0.0754. The van der Waals surface area contributed by atoms with E-state index in [1.54, 1.807) is 18.2 Å². The fraction of sp³-hybridized carbons (Fsp3) is 0.210. The molecule has 0 aromatic heterocycles. The monoisotopic (exact) mass is 1200 g/mol. The van der Waals surface area contributed by atoms with Crippen molar-refractivity contribution in [2.45, 2.75) is 104 Å². The predicted molar refractivity (Wildman–Crippen MR) is 362 cm³/mol. The molecule has 0 radical (unpaired) electrons. The van der Waals surface area contributed by atoms with Crippen LogP contribution in [0.25, 0.3) is 16.7 Å². The second kappa shape index (κ2) is 23.9. The number of allylic oxidation sites excluding steroid dienone is 6. The minimum atomic E-state index is -1.12. The standard InChI is InChI=1S/C81H72N2O8/c1-12-26-49-29-18-21-38-61(49)89-65-42-59-69-60(81(87)83(80(59)86)77-55(47(8)9)36-25-37-56(77)48(10)11)44-67(91-63-40-23-20-31-51(63)28-14-3)73-72-66(90-62-39-22-19-30-50(62)27-13-2)43-58-68-57(41-64(88-52-32-16-15-17-33-52)70(74(68)72)71(65)75(69)73)78(84)82(79(58)85)76-53(45(4)5)34-24-35-54(76)46(6)7/h12-25,29-48,66,75H,1-3,26-28H2,4-11H3. The Kier molecular flexibility index (Phi) is 15.7. The van der Waals surface area contributed by atoms with Crippen LogP contribution < -0.4 is 28.7 Å². The van der Waals surface area contributed by atoms with E-state index in [0.717, 1.165) is 38.9 Å². The Labute approximate surface area is 532 Å². The van der Waals surface area contributed by atoms with Crippen molar-refractivity contribution in [3.63, 3.8) is 0 Å². The molecule has 7 aromatic rings. The molecule has 0 spiro atoms. The molecule has 4 amide bonds. The van der Waals surface area contributed by atoms with Crippen molar-refractivity contribution in [3.8, 4) is 28.7 Å². The third-order valence-electron chi connectivity index (χ3n) is 18.1. The van der Waals surface area contributed by atoms with Crippen LogP contribution in [0.4, 0.5) is 11.4 Å². The number of nitrogens with zero attached hydrogens (tertiary/aromatic N) is 2. The summed E-state index contributed by atoms with van der Waals surface area (Å²) in [5.74, 6) is -0.628. The van der Waals surface area contributed by atoms with E-state index in [1.807, 2.05) is 164 Å². The van der Waals surface area contributed by atoms with Gasteiger partial charge >= 0.3 is 0 Å². The van der Waals surface area contributed by atoms with Gasteiger partial charge in [-0.25, -0.2) is 9.80 Å². The number of benzene rings is 7. The molecule has 2 unspecified atom stereocenters. The van der Waals surface area contributed by atoms with Gasteiger partial charge in [0.15, 0.2) is 0 Å². The van der Waals surface area contributed by atoms with Crippen LogP contribution in [0.15, 0.2) is 236 Å². The molecule has 2 heterocycles. The van der Waals surface area contributed by atoms with Crippen LogP contribution in [0.5, 0.6) is 28.7 Å². The molecule has 0 bridgehead atoms. The summed E-state index contributed by atoms with van der Waals surface area (Å²) < 4.78 is 29.8. The molecule has 2 atom stereocenters. The smallest absolute Gasteiger partial charge is 0.266 e. The molecule has 454 valence electrons. The summed E-state index contributed by atoms with van der Waals surface area (Å²) in [6.45, 7) is 28.9. The summed E-state index contributed by atoms with van der Waals surface area (Å²) >= 11 is 0. The van der Waals surface area contributed by atoms with Crippen molar-refractivity contribution in [3.05, 3.63) is 297 Å². The second-order valence-electron chi connectivity index (χ2n) is 25.1. The summed E-state index contributed by atoms with van der Waals surface area (Å²) in [7, 11) is 0. The van der Waals surface area contributed by atoms with Crippen LogP contribution >= 0.6 is 0 Å². The number of amides is 4. The maximum absolute atomic E-state index is 16.5. The Morgan fingerprint density at radius 2 is 0.923 bits per heavy atom. The molecular weight excluding hydrogens is 1130 g/mol. The Bertz CT molecular complexity index is 4450. The highest BCUT2D eigenvalue weighted by Gasteiger charge is 2.56. The van der Waals surface area contributed by atoms with Gasteiger partial charge in [-0.3, -0.25) is 19.2 Å². The van der Waals surface area contributed by atoms with Crippen molar-refractivity contribution in [2.75, 3.05) is 9.80 Å². The van der Waals surface area contributed by atoms with Gasteiger partial charge in [-0.15, -0.1) is 19.7 Å². The number of ether oxygens (including phenoxy) is 4. The lowest BCUT2D eigenvalue weighted by Gasteiger charge is -2.47. The first kappa shape index (κ1) is 59.6. The minimum Gasteiger partial charge on any atom is -0.481 e. The zero-order valence-corrected chi connectivity index (χ0v) is 52.7. The van der Waals surface area contributed by atoms with E-state index < -0.39 is 35.7 Å². The zero-order chi connectivity index (χ0) is 63.7. The maximum atomic E-state index is 16.5. The first-order valence-corrected chi connectivity index (χ1v) is 31.5. The Balaban J connectivity index is 1.22. The van der Waals surface area contributed by atoms with Gasteiger partial charge in [0, 0.05) is 56.0 Å². The molecule has 91 heavy (non-hydrogen) atoms. The normalized spacial score (nSPS) is 17.1. The number of fused-ring (bicyclic) bond motifs is 1. The number of hydrogen-bond donors (Lipinski definition) is 0. The number of hydrogen-bond acceptors (Lipinski definition) is 8. The largest absolute Gasteiger partial charge is 0.481 e. The molecule has 10 nitrogen and oxygen atoms in total. The van der Waals surface area contributed by atoms with Gasteiger partial charge < -0.3 is 18.9 Å². The van der Waals surface area contributed by atoms with Crippen LogP contribution in [0, 0.1) is 5.92 Å². The average molecular weight is 1200 g/mol. The summed E-state index contributed by atoms with van der Waals surface area (Å²) in [6, 6.07) is 46.2. The summed E-state index contributed by atoms with van der Waals surface area (Å²) in [6.07, 6.45) is 11.1. The van der Waals surface area contributed by atoms with Crippen LogP contribution in [0.2, 0.25) is 0 Å². The van der Waals surface area contributed by atoms with Crippen LogP contribution in [0.1, 0.15) is 145 Å². The lowest BCUT2D eigenvalue weighted by Crippen LogP contribution is -2.48. The molecule has 0 N–H and O–H groups in total. The predicted octanol–water partition coefficient (Wildman–Crippen LogP) is 18.1. The summed E-state index contributed by atoms with van der Waals surface area (Å²) in [4.78, 5) is 68.5. The highest BCUT2D eigenvalue weighted by atomic mass is 16.5. The molecule has 13 rings (SSSR count). The molecule has 10 heteroatoms. The van der Waals surface area contributed by atoms with E-state index in [2.05, 4.69) is 75.1 Å². The SMILES string of the molecule is C=CCc1ccccc1OC1=CC2=C3C(=CC(Oc4ccccc4CC=C)=C4c5c(Oc6ccccc6)cc6c7c5C(=C1C34)C(Oc1ccccc1CC=C)C=C7C(=O)N(c1c(C(C)C)cccc1C(C)C)C6=O)C(=O)N(c1c(C(C)C)cccc1C(C)C)C2=O. The molecule has 6 aliphatic rings. The van der Waals surface area contributed by atoms with Crippen molar-refractivity contribution < 1.29 is 38.1 Å². The van der Waals surface area contributed by atoms with E-state index in [0.29, 0.717) is 92.6 Å². The van der Waals surface area contributed by atoms with Gasteiger partial charge in [-0.1, -0.05) is 183 Å². The second-order valence-corrected chi connectivity index (χ2v) is 25.1. The van der Waals surface area contributed by atoms with Crippen molar-refractivity contribution in [2.24, 2.45) is 5.92 Å². The van der Waals surface area contributed by atoms with Crippen molar-refractivity contribution in [1.29, 1.82) is 0 Å². The van der Waals surface area contributed by atoms with Crippen molar-refractivity contribution >= 4 is 51.7 Å². The number of rotatable bonds is 20. The third kappa shape index (κ3) is 9.96. The lowest BCUT2D eigenvalue weighted by atomic mass is 9.60. The fourth-order valence-electron chi connectivity index (χ4n) is 14.0. The highest BCUT2D eigenvalue weighted by Crippen LogP contribution is 2.64. The molecule has 0 fully saturated rings. The molecular formula is C81H72N2O8. The molecule has 0 saturated carbocycles.